The van der Waals surface area contributed by atoms with Gasteiger partial charge >= 0.3 is 0 Å². The number of phenolic OH excluding ortho intramolecular Hbond substituents is 2. The molecule has 1 heterocycles. The minimum Gasteiger partial charge on any atom is -0.508 e. The summed E-state index contributed by atoms with van der Waals surface area (Å²) in [6.45, 7) is 5.69. The van der Waals surface area contributed by atoms with Crippen LogP contribution in [0.15, 0.2) is 18.2 Å². The number of hydrogen-bond acceptors (Lipinski definition) is 3. The van der Waals surface area contributed by atoms with Gasteiger partial charge in [0.25, 0.3) is 5.91 Å². The van der Waals surface area contributed by atoms with Crippen LogP contribution in [-0.2, 0) is 0 Å². The highest BCUT2D eigenvalue weighted by Gasteiger charge is 2.32. The number of benzene rings is 1. The maximum atomic E-state index is 12.1. The second kappa shape index (κ2) is 3.95. The minimum absolute atomic E-state index is 0.0909. The van der Waals surface area contributed by atoms with Crippen LogP contribution < -0.4 is 0 Å². The SMILES string of the molecule is CC1(C)CCN(C(=O)c2cc(O)cc(O)c2)C1. The number of nitrogens with zero attached hydrogens (tertiary/aromatic N) is 1. The Kier molecular flexibility index (Phi) is 2.73. The summed E-state index contributed by atoms with van der Waals surface area (Å²) < 4.78 is 0. The molecule has 0 aromatic heterocycles. The topological polar surface area (TPSA) is 60.8 Å². The number of amides is 1. The van der Waals surface area contributed by atoms with Crippen molar-refractivity contribution in [3.8, 4) is 11.5 Å². The molecule has 17 heavy (non-hydrogen) atoms. The number of hydrogen-bond donors (Lipinski definition) is 2. The highest BCUT2D eigenvalue weighted by Crippen LogP contribution is 2.30. The van der Waals surface area contributed by atoms with Gasteiger partial charge in [-0.15, -0.1) is 0 Å². The van der Waals surface area contributed by atoms with E-state index >= 15 is 0 Å². The lowest BCUT2D eigenvalue weighted by atomic mass is 9.93. The molecule has 0 aliphatic carbocycles. The van der Waals surface area contributed by atoms with Crippen LogP contribution in [0.3, 0.4) is 0 Å². The van der Waals surface area contributed by atoms with E-state index in [2.05, 4.69) is 13.8 Å². The zero-order valence-corrected chi connectivity index (χ0v) is 10.1. The Labute approximate surface area is 100 Å². The van der Waals surface area contributed by atoms with E-state index in [9.17, 15) is 15.0 Å². The van der Waals surface area contributed by atoms with E-state index in [4.69, 9.17) is 0 Å². The van der Waals surface area contributed by atoms with Gasteiger partial charge in [-0.1, -0.05) is 13.8 Å². The fourth-order valence-corrected chi connectivity index (χ4v) is 2.19. The van der Waals surface area contributed by atoms with Gasteiger partial charge in [-0.05, 0) is 24.0 Å². The summed E-state index contributed by atoms with van der Waals surface area (Å²) in [5, 5.41) is 18.7. The molecule has 0 spiro atoms. The molecule has 1 fully saturated rings. The maximum Gasteiger partial charge on any atom is 0.254 e. The number of phenols is 2. The molecule has 0 atom stereocenters. The van der Waals surface area contributed by atoms with Gasteiger partial charge in [0.05, 0.1) is 0 Å². The van der Waals surface area contributed by atoms with Crippen molar-refractivity contribution in [3.05, 3.63) is 23.8 Å². The van der Waals surface area contributed by atoms with E-state index < -0.39 is 0 Å². The van der Waals surface area contributed by atoms with Crippen molar-refractivity contribution < 1.29 is 15.0 Å². The van der Waals surface area contributed by atoms with E-state index in [0.717, 1.165) is 13.0 Å². The first-order valence-electron chi connectivity index (χ1n) is 5.70. The summed E-state index contributed by atoms with van der Waals surface area (Å²) in [6, 6.07) is 3.98. The number of aromatic hydroxyl groups is 2. The molecular weight excluding hydrogens is 218 g/mol. The summed E-state index contributed by atoms with van der Waals surface area (Å²) in [4.78, 5) is 13.9. The van der Waals surface area contributed by atoms with Crippen LogP contribution in [-0.4, -0.2) is 34.1 Å². The third kappa shape index (κ3) is 2.52. The number of carbonyl (C=O) groups is 1. The molecule has 1 saturated heterocycles. The average Bonchev–Trinajstić information content (AvgIpc) is 2.56. The maximum absolute atomic E-state index is 12.1. The predicted molar refractivity (Wildman–Crippen MR) is 64.1 cm³/mol. The molecule has 1 aromatic rings. The van der Waals surface area contributed by atoms with Crippen LogP contribution in [0, 0.1) is 5.41 Å². The van der Waals surface area contributed by atoms with Crippen LogP contribution in [0.1, 0.15) is 30.6 Å². The van der Waals surface area contributed by atoms with Gasteiger partial charge in [0.15, 0.2) is 0 Å². The normalized spacial score (nSPS) is 18.4. The molecule has 0 bridgehead atoms. The van der Waals surface area contributed by atoms with Gasteiger partial charge in [-0.25, -0.2) is 0 Å². The van der Waals surface area contributed by atoms with Crippen molar-refractivity contribution in [3.63, 3.8) is 0 Å². The van der Waals surface area contributed by atoms with Crippen LogP contribution in [0.2, 0.25) is 0 Å². The van der Waals surface area contributed by atoms with E-state index in [0.29, 0.717) is 12.1 Å². The number of carbonyl (C=O) groups excluding carboxylic acids is 1. The van der Waals surface area contributed by atoms with Gasteiger partial charge in [0, 0.05) is 24.7 Å². The van der Waals surface area contributed by atoms with Crippen molar-refractivity contribution in [2.75, 3.05) is 13.1 Å². The molecule has 1 amide bonds. The second-order valence-corrected chi connectivity index (χ2v) is 5.38. The summed E-state index contributed by atoms with van der Waals surface area (Å²) in [5.74, 6) is -0.319. The van der Waals surface area contributed by atoms with E-state index in [-0.39, 0.29) is 22.8 Å². The molecule has 4 heteroatoms. The third-order valence-electron chi connectivity index (χ3n) is 3.11. The largest absolute Gasteiger partial charge is 0.508 e. The fourth-order valence-electron chi connectivity index (χ4n) is 2.19. The zero-order chi connectivity index (χ0) is 12.6. The Balaban J connectivity index is 2.20. The number of likely N-dealkylation sites (tertiary alicyclic amines) is 1. The molecular formula is C13H17NO3. The van der Waals surface area contributed by atoms with Crippen LogP contribution in [0.5, 0.6) is 11.5 Å². The lowest BCUT2D eigenvalue weighted by Crippen LogP contribution is -2.30. The van der Waals surface area contributed by atoms with Crippen molar-refractivity contribution >= 4 is 5.91 Å². The lowest BCUT2D eigenvalue weighted by Gasteiger charge is -2.20. The zero-order valence-electron chi connectivity index (χ0n) is 10.1. The first-order valence-corrected chi connectivity index (χ1v) is 5.70. The Morgan fingerprint density at radius 1 is 1.24 bits per heavy atom. The van der Waals surface area contributed by atoms with Crippen LogP contribution in [0.25, 0.3) is 0 Å². The van der Waals surface area contributed by atoms with Gasteiger partial charge in [0.2, 0.25) is 0 Å². The van der Waals surface area contributed by atoms with Gasteiger partial charge in [-0.3, -0.25) is 4.79 Å². The van der Waals surface area contributed by atoms with E-state index in [1.54, 1.807) is 4.90 Å². The smallest absolute Gasteiger partial charge is 0.254 e. The third-order valence-corrected chi connectivity index (χ3v) is 3.11. The highest BCUT2D eigenvalue weighted by molar-refractivity contribution is 5.95. The van der Waals surface area contributed by atoms with Crippen LogP contribution in [0.4, 0.5) is 0 Å². The molecule has 92 valence electrons. The summed E-state index contributed by atoms with van der Waals surface area (Å²) in [7, 11) is 0. The van der Waals surface area contributed by atoms with Crippen molar-refractivity contribution in [2.24, 2.45) is 5.41 Å². The first kappa shape index (κ1) is 11.8. The molecule has 1 aliphatic rings. The Morgan fingerprint density at radius 3 is 2.29 bits per heavy atom. The Bertz CT molecular complexity index is 434. The van der Waals surface area contributed by atoms with Gasteiger partial charge < -0.3 is 15.1 Å². The van der Waals surface area contributed by atoms with Crippen LogP contribution >= 0.6 is 0 Å². The van der Waals surface area contributed by atoms with Crippen molar-refractivity contribution in [2.45, 2.75) is 20.3 Å². The lowest BCUT2D eigenvalue weighted by molar-refractivity contribution is 0.0777. The molecule has 0 unspecified atom stereocenters. The molecule has 1 aromatic carbocycles. The van der Waals surface area contributed by atoms with Gasteiger partial charge in [-0.2, -0.15) is 0 Å². The van der Waals surface area contributed by atoms with Crippen molar-refractivity contribution in [1.82, 2.24) is 4.90 Å². The average molecular weight is 235 g/mol. The molecule has 4 nitrogen and oxygen atoms in total. The Morgan fingerprint density at radius 2 is 1.82 bits per heavy atom. The second-order valence-electron chi connectivity index (χ2n) is 5.38. The molecule has 2 rings (SSSR count). The molecule has 0 radical (unpaired) electrons. The quantitative estimate of drug-likeness (QED) is 0.782. The van der Waals surface area contributed by atoms with E-state index in [1.165, 1.54) is 18.2 Å². The first-order chi connectivity index (χ1) is 7.87. The monoisotopic (exact) mass is 235 g/mol. The van der Waals surface area contributed by atoms with E-state index in [1.807, 2.05) is 0 Å². The fraction of sp³-hybridized carbons (Fsp3) is 0.462. The predicted octanol–water partition coefficient (Wildman–Crippen LogP) is 1.97. The summed E-state index contributed by atoms with van der Waals surface area (Å²) in [6.07, 6.45) is 0.976. The minimum atomic E-state index is -0.137. The van der Waals surface area contributed by atoms with Gasteiger partial charge in [0.1, 0.15) is 11.5 Å². The standard InChI is InChI=1S/C13H17NO3/c1-13(2)3-4-14(8-13)12(17)9-5-10(15)7-11(16)6-9/h5-7,15-16H,3-4,8H2,1-2H3. The summed E-state index contributed by atoms with van der Waals surface area (Å²) >= 11 is 0. The highest BCUT2D eigenvalue weighted by atomic mass is 16.3. The molecule has 1 aliphatic heterocycles. The molecule has 2 N–H and O–H groups in total. The number of rotatable bonds is 1. The van der Waals surface area contributed by atoms with Crippen molar-refractivity contribution in [1.29, 1.82) is 0 Å². The summed E-state index contributed by atoms with van der Waals surface area (Å²) in [5.41, 5.74) is 0.481. The Hall–Kier alpha value is -1.71. The molecule has 0 saturated carbocycles.